The second kappa shape index (κ2) is 41.0. The highest BCUT2D eigenvalue weighted by Gasteiger charge is 2.47. The first kappa shape index (κ1) is 62.5. The van der Waals surface area contributed by atoms with Crippen LogP contribution in [0.1, 0.15) is 142 Å². The van der Waals surface area contributed by atoms with Crippen molar-refractivity contribution < 1.29 is 73.8 Å². The lowest BCUT2D eigenvalue weighted by atomic mass is 9.98. The summed E-state index contributed by atoms with van der Waals surface area (Å²) in [7, 11) is 0. The summed E-state index contributed by atoms with van der Waals surface area (Å²) in [5, 5.41) is 72.1. The second-order valence-corrected chi connectivity index (χ2v) is 17.6. The molecule has 0 amide bonds. The maximum atomic E-state index is 13.0. The summed E-state index contributed by atoms with van der Waals surface area (Å²) in [5.41, 5.74) is 0. The molecule has 11 atom stereocenters. The summed E-state index contributed by atoms with van der Waals surface area (Å²) in [6.45, 7) is 2.34. The zero-order chi connectivity index (χ0) is 51.0. The number of hydrogen-bond acceptors (Lipinski definition) is 15. The largest absolute Gasteiger partial charge is 0.462 e. The smallest absolute Gasteiger partial charge is 0.306 e. The van der Waals surface area contributed by atoms with E-state index in [1.807, 2.05) is 0 Å². The third-order valence-corrected chi connectivity index (χ3v) is 11.5. The van der Waals surface area contributed by atoms with E-state index in [4.69, 9.17) is 28.4 Å². The fourth-order valence-corrected chi connectivity index (χ4v) is 7.31. The molecule has 7 N–H and O–H groups in total. The highest BCUT2D eigenvalue weighted by Crippen LogP contribution is 2.26. The second-order valence-electron chi connectivity index (χ2n) is 17.6. The van der Waals surface area contributed by atoms with Gasteiger partial charge in [0.05, 0.1) is 19.8 Å². The molecule has 0 aliphatic carbocycles. The molecule has 15 nitrogen and oxygen atoms in total. The molecule has 0 bridgehead atoms. The SMILES string of the molecule is CC/C=C/C/C=C/C/C=C/C/C=C/C/C=C/CCCCCC(=O)O[C@H](COC(=O)CCCC/C=C/C/C=C/C/C=C/CCCCC)CO[C@H]1O[C@@H](CO[C@H]2O[C@@H](CO)[C@@H](O)C(O)C2O)[C@@H](O)C(O)C1O. The van der Waals surface area contributed by atoms with Crippen molar-refractivity contribution in [2.24, 2.45) is 0 Å². The Labute approximate surface area is 417 Å². The molecule has 15 heteroatoms. The molecule has 0 radical (unpaired) electrons. The van der Waals surface area contributed by atoms with Gasteiger partial charge in [0.25, 0.3) is 0 Å². The minimum atomic E-state index is -1.78. The van der Waals surface area contributed by atoms with Crippen molar-refractivity contribution in [3.05, 3.63) is 97.2 Å². The lowest BCUT2D eigenvalue weighted by Crippen LogP contribution is -2.61. The van der Waals surface area contributed by atoms with E-state index in [0.717, 1.165) is 83.5 Å². The van der Waals surface area contributed by atoms with E-state index in [9.17, 15) is 45.3 Å². The van der Waals surface area contributed by atoms with Gasteiger partial charge in [0.1, 0.15) is 55.4 Å². The molecule has 0 aromatic heterocycles. The van der Waals surface area contributed by atoms with E-state index in [1.165, 1.54) is 19.3 Å². The van der Waals surface area contributed by atoms with Gasteiger partial charge in [-0.05, 0) is 96.3 Å². The Balaban J connectivity index is 1.85. The number of ether oxygens (including phenoxy) is 6. The fourth-order valence-electron chi connectivity index (χ4n) is 7.31. The molecule has 0 spiro atoms. The van der Waals surface area contributed by atoms with Gasteiger partial charge in [-0.3, -0.25) is 9.59 Å². The molecule has 2 aliphatic heterocycles. The summed E-state index contributed by atoms with van der Waals surface area (Å²) in [6, 6.07) is 0. The van der Waals surface area contributed by atoms with E-state index < -0.39 is 99.3 Å². The first-order valence-electron chi connectivity index (χ1n) is 25.8. The van der Waals surface area contributed by atoms with Crippen LogP contribution in [0.5, 0.6) is 0 Å². The molecule has 398 valence electrons. The Morgan fingerprint density at radius 1 is 0.471 bits per heavy atom. The first-order valence-corrected chi connectivity index (χ1v) is 25.8. The number of aliphatic hydroxyl groups is 7. The van der Waals surface area contributed by atoms with E-state index in [1.54, 1.807) is 0 Å². The molecule has 4 unspecified atom stereocenters. The number of unbranched alkanes of at least 4 members (excludes halogenated alkanes) is 8. The molecule has 2 heterocycles. The van der Waals surface area contributed by atoms with Gasteiger partial charge in [-0.2, -0.15) is 0 Å². The Bertz CT molecular complexity index is 1580. The lowest BCUT2D eigenvalue weighted by Gasteiger charge is -2.42. The molecule has 2 rings (SSSR count). The van der Waals surface area contributed by atoms with Crippen molar-refractivity contribution in [3.63, 3.8) is 0 Å². The van der Waals surface area contributed by atoms with E-state index >= 15 is 0 Å². The third kappa shape index (κ3) is 28.5. The lowest BCUT2D eigenvalue weighted by molar-refractivity contribution is -0.332. The summed E-state index contributed by atoms with van der Waals surface area (Å²) < 4.78 is 33.5. The number of carbonyl (C=O) groups excluding carboxylic acids is 2. The molecule has 2 fully saturated rings. The minimum absolute atomic E-state index is 0.112. The minimum Gasteiger partial charge on any atom is -0.462 e. The maximum absolute atomic E-state index is 13.0. The number of rotatable bonds is 38. The van der Waals surface area contributed by atoms with Gasteiger partial charge in [0.15, 0.2) is 18.7 Å². The first-order chi connectivity index (χ1) is 34.0. The van der Waals surface area contributed by atoms with Gasteiger partial charge in [-0.25, -0.2) is 0 Å². The Kier molecular flexibility index (Phi) is 36.6. The van der Waals surface area contributed by atoms with Crippen LogP contribution >= 0.6 is 0 Å². The topological polar surface area (TPSA) is 231 Å². The molecule has 70 heavy (non-hydrogen) atoms. The molecule has 0 aromatic carbocycles. The normalized spacial score (nSPS) is 26.2. The predicted molar refractivity (Wildman–Crippen MR) is 270 cm³/mol. The quantitative estimate of drug-likeness (QED) is 0.0182. The van der Waals surface area contributed by atoms with Crippen LogP contribution in [0.25, 0.3) is 0 Å². The molecule has 2 aliphatic rings. The standard InChI is InChI=1S/C55H88O15/c1-3-5-7-9-11-13-15-17-19-20-21-22-24-26-28-30-32-34-36-38-47(58)68-43(40-65-46(57)37-35-33-31-29-27-25-23-18-16-14-12-10-8-6-4-2)41-66-54-53(64)51(62)49(60)45(70-54)42-67-55-52(63)50(61)48(59)44(39-56)69-55/h5,7,11-14,17-19,21-23,26-29,43-45,48-56,59-64H,3-4,6,8-10,15-16,20,24-25,30-42H2,1-2H3/b7-5+,13-11+,14-12+,19-17+,22-21+,23-18+,28-26+,29-27+/t43-,44+,45+,48-,49-,50?,51?,52?,53?,54+,55+/m1/s1. The zero-order valence-corrected chi connectivity index (χ0v) is 42.0. The van der Waals surface area contributed by atoms with Crippen LogP contribution in [0.15, 0.2) is 97.2 Å². The number of hydrogen-bond donors (Lipinski definition) is 7. The Hall–Kier alpha value is -3.58. The Morgan fingerprint density at radius 3 is 1.41 bits per heavy atom. The van der Waals surface area contributed by atoms with Crippen LogP contribution in [-0.2, 0) is 38.0 Å². The van der Waals surface area contributed by atoms with Crippen LogP contribution < -0.4 is 0 Å². The average Bonchev–Trinajstić information content (AvgIpc) is 3.35. The van der Waals surface area contributed by atoms with Gasteiger partial charge in [0, 0.05) is 12.8 Å². The van der Waals surface area contributed by atoms with Crippen LogP contribution in [0, 0.1) is 0 Å². The highest BCUT2D eigenvalue weighted by molar-refractivity contribution is 5.70. The van der Waals surface area contributed by atoms with Crippen molar-refractivity contribution in [1.29, 1.82) is 0 Å². The third-order valence-electron chi connectivity index (χ3n) is 11.5. The summed E-state index contributed by atoms with van der Waals surface area (Å²) >= 11 is 0. The maximum Gasteiger partial charge on any atom is 0.306 e. The Morgan fingerprint density at radius 2 is 0.900 bits per heavy atom. The molecule has 0 saturated carbocycles. The van der Waals surface area contributed by atoms with Crippen molar-refractivity contribution >= 4 is 11.9 Å². The van der Waals surface area contributed by atoms with Gasteiger partial charge >= 0.3 is 11.9 Å². The fraction of sp³-hybridized carbons (Fsp3) is 0.673. The monoisotopic (exact) mass is 989 g/mol. The summed E-state index contributed by atoms with van der Waals surface area (Å²) in [6.07, 6.45) is 34.3. The van der Waals surface area contributed by atoms with Crippen LogP contribution in [-0.4, -0.2) is 142 Å². The van der Waals surface area contributed by atoms with Crippen LogP contribution in [0.3, 0.4) is 0 Å². The van der Waals surface area contributed by atoms with E-state index in [0.29, 0.717) is 12.8 Å². The van der Waals surface area contributed by atoms with E-state index in [-0.39, 0.29) is 19.4 Å². The summed E-state index contributed by atoms with van der Waals surface area (Å²) in [5.74, 6) is -1.02. The van der Waals surface area contributed by atoms with Gasteiger partial charge in [0.2, 0.25) is 0 Å². The van der Waals surface area contributed by atoms with Gasteiger partial charge < -0.3 is 64.2 Å². The molecule has 2 saturated heterocycles. The molecular weight excluding hydrogens is 901 g/mol. The van der Waals surface area contributed by atoms with Crippen LogP contribution in [0.4, 0.5) is 0 Å². The van der Waals surface area contributed by atoms with E-state index in [2.05, 4.69) is 111 Å². The van der Waals surface area contributed by atoms with Crippen molar-refractivity contribution in [2.45, 2.75) is 210 Å². The number of carbonyl (C=O) groups is 2. The molecular formula is C55H88O15. The van der Waals surface area contributed by atoms with Crippen molar-refractivity contribution in [1.82, 2.24) is 0 Å². The zero-order valence-electron chi connectivity index (χ0n) is 42.0. The average molecular weight is 989 g/mol. The number of esters is 2. The number of aliphatic hydroxyl groups excluding tert-OH is 7. The van der Waals surface area contributed by atoms with Crippen molar-refractivity contribution in [2.75, 3.05) is 26.4 Å². The number of allylic oxidation sites excluding steroid dienone is 16. The van der Waals surface area contributed by atoms with Crippen LogP contribution in [0.2, 0.25) is 0 Å². The highest BCUT2D eigenvalue weighted by atomic mass is 16.7. The summed E-state index contributed by atoms with van der Waals surface area (Å²) in [4.78, 5) is 25.8. The van der Waals surface area contributed by atoms with Gasteiger partial charge in [-0.15, -0.1) is 0 Å². The van der Waals surface area contributed by atoms with Crippen molar-refractivity contribution in [3.8, 4) is 0 Å². The molecule has 0 aromatic rings. The van der Waals surface area contributed by atoms with Gasteiger partial charge in [-0.1, -0.05) is 130 Å². The predicted octanol–water partition coefficient (Wildman–Crippen LogP) is 7.37.